The van der Waals surface area contributed by atoms with Crippen LogP contribution in [0.3, 0.4) is 0 Å². The third-order valence-corrected chi connectivity index (χ3v) is 7.35. The Labute approximate surface area is 223 Å². The Kier molecular flexibility index (Phi) is 5.64. The summed E-state index contributed by atoms with van der Waals surface area (Å²) in [4.78, 5) is 15.0. The molecule has 188 valence electrons. The Bertz CT molecular complexity index is 1830. The van der Waals surface area contributed by atoms with Gasteiger partial charge in [0.2, 0.25) is 5.71 Å². The fraction of sp³-hybridized carbons (Fsp3) is 0.206. The van der Waals surface area contributed by atoms with Gasteiger partial charge in [0.15, 0.2) is 0 Å². The average Bonchev–Trinajstić information content (AvgIpc) is 3.26. The maximum absolute atomic E-state index is 6.29. The van der Waals surface area contributed by atoms with Crippen molar-refractivity contribution >= 4 is 22.1 Å². The molecule has 0 saturated heterocycles. The van der Waals surface area contributed by atoms with Crippen molar-refractivity contribution < 1.29 is 4.42 Å². The first kappa shape index (κ1) is 24.1. The standard InChI is InChI=1S/C34H31N3O/c1-20-10-13-24(14-11-20)28-16-21(2)18-30(36-28)34(5,6)31-19-22(3)17-29(37-31)27-9-7-8-25-26-15-12-23(4)35-33(26)38-32(25)27/h7-19H,1-6H3. The van der Waals surface area contributed by atoms with E-state index in [9.17, 15) is 0 Å². The molecule has 6 rings (SSSR count). The summed E-state index contributed by atoms with van der Waals surface area (Å²) in [5.74, 6) is 0. The van der Waals surface area contributed by atoms with Gasteiger partial charge in [-0.15, -0.1) is 0 Å². The van der Waals surface area contributed by atoms with Gasteiger partial charge in [-0.05, 0) is 95.1 Å². The predicted molar refractivity (Wildman–Crippen MR) is 155 cm³/mol. The number of furan rings is 1. The van der Waals surface area contributed by atoms with E-state index in [-0.39, 0.29) is 0 Å². The molecule has 6 aromatic rings. The largest absolute Gasteiger partial charge is 0.437 e. The number of benzene rings is 2. The third-order valence-electron chi connectivity index (χ3n) is 7.35. The monoisotopic (exact) mass is 497 g/mol. The molecule has 4 aromatic heterocycles. The highest BCUT2D eigenvalue weighted by molar-refractivity contribution is 6.08. The summed E-state index contributed by atoms with van der Waals surface area (Å²) in [6, 6.07) is 27.5. The minimum atomic E-state index is -0.410. The molecule has 4 heterocycles. The fourth-order valence-electron chi connectivity index (χ4n) is 5.09. The molecule has 0 aliphatic heterocycles. The second-order valence-electron chi connectivity index (χ2n) is 10.9. The number of aryl methyl sites for hydroxylation is 4. The molecule has 0 spiro atoms. The second kappa shape index (κ2) is 8.91. The average molecular weight is 498 g/mol. The SMILES string of the molecule is Cc1ccc(-c2cc(C)cc(C(C)(C)c3cc(C)cc(-c4cccc5c4oc4nc(C)ccc45)n3)n2)cc1. The maximum Gasteiger partial charge on any atom is 0.227 e. The molecule has 0 N–H and O–H groups in total. The number of para-hydroxylation sites is 1. The third kappa shape index (κ3) is 4.16. The van der Waals surface area contributed by atoms with Gasteiger partial charge in [-0.25, -0.2) is 4.98 Å². The van der Waals surface area contributed by atoms with Crippen LogP contribution < -0.4 is 0 Å². The topological polar surface area (TPSA) is 51.8 Å². The van der Waals surface area contributed by atoms with Crippen molar-refractivity contribution in [2.24, 2.45) is 0 Å². The lowest BCUT2D eigenvalue weighted by Gasteiger charge is -2.26. The van der Waals surface area contributed by atoms with Gasteiger partial charge in [0, 0.05) is 33.0 Å². The summed E-state index contributed by atoms with van der Waals surface area (Å²) in [5.41, 5.74) is 11.5. The summed E-state index contributed by atoms with van der Waals surface area (Å²) < 4.78 is 6.29. The van der Waals surface area contributed by atoms with Gasteiger partial charge in [-0.1, -0.05) is 42.0 Å². The molecule has 0 fully saturated rings. The Morgan fingerprint density at radius 1 is 0.605 bits per heavy atom. The summed E-state index contributed by atoms with van der Waals surface area (Å²) in [7, 11) is 0. The quantitative estimate of drug-likeness (QED) is 0.244. The van der Waals surface area contributed by atoms with Crippen LogP contribution >= 0.6 is 0 Å². The molecule has 2 aromatic carbocycles. The van der Waals surface area contributed by atoms with E-state index in [0.717, 1.165) is 61.5 Å². The molecule has 4 heteroatoms. The highest BCUT2D eigenvalue weighted by Crippen LogP contribution is 2.37. The first-order chi connectivity index (χ1) is 18.2. The Morgan fingerprint density at radius 2 is 1.26 bits per heavy atom. The van der Waals surface area contributed by atoms with E-state index in [1.807, 2.05) is 13.0 Å². The van der Waals surface area contributed by atoms with Crippen molar-refractivity contribution in [2.75, 3.05) is 0 Å². The number of rotatable bonds is 4. The number of pyridine rings is 3. The first-order valence-corrected chi connectivity index (χ1v) is 13.0. The predicted octanol–water partition coefficient (Wildman–Crippen LogP) is 8.66. The molecular weight excluding hydrogens is 466 g/mol. The number of aromatic nitrogens is 3. The molecule has 0 unspecified atom stereocenters. The van der Waals surface area contributed by atoms with Gasteiger partial charge < -0.3 is 4.42 Å². The van der Waals surface area contributed by atoms with Crippen molar-refractivity contribution in [1.82, 2.24) is 15.0 Å². The highest BCUT2D eigenvalue weighted by Gasteiger charge is 2.28. The van der Waals surface area contributed by atoms with Crippen LogP contribution in [0.25, 0.3) is 44.6 Å². The lowest BCUT2D eigenvalue weighted by molar-refractivity contribution is 0.595. The van der Waals surface area contributed by atoms with E-state index >= 15 is 0 Å². The fourth-order valence-corrected chi connectivity index (χ4v) is 5.09. The van der Waals surface area contributed by atoms with Gasteiger partial charge in [-0.3, -0.25) is 9.97 Å². The lowest BCUT2D eigenvalue weighted by Crippen LogP contribution is -2.23. The molecule has 0 bridgehead atoms. The minimum Gasteiger partial charge on any atom is -0.437 e. The van der Waals surface area contributed by atoms with Gasteiger partial charge >= 0.3 is 0 Å². The number of hydrogen-bond acceptors (Lipinski definition) is 4. The van der Waals surface area contributed by atoms with Crippen molar-refractivity contribution in [3.8, 4) is 22.5 Å². The van der Waals surface area contributed by atoms with Crippen molar-refractivity contribution in [3.63, 3.8) is 0 Å². The van der Waals surface area contributed by atoms with Gasteiger partial charge in [0.05, 0.1) is 22.8 Å². The zero-order chi connectivity index (χ0) is 26.6. The van der Waals surface area contributed by atoms with Crippen LogP contribution in [0.15, 0.2) is 83.3 Å². The summed E-state index contributed by atoms with van der Waals surface area (Å²) in [6.07, 6.45) is 0. The normalized spacial score (nSPS) is 11.9. The van der Waals surface area contributed by atoms with Crippen LogP contribution in [-0.2, 0) is 5.41 Å². The smallest absolute Gasteiger partial charge is 0.227 e. The Hall–Kier alpha value is -4.31. The Morgan fingerprint density at radius 3 is 1.97 bits per heavy atom. The molecule has 38 heavy (non-hydrogen) atoms. The molecule has 0 atom stereocenters. The van der Waals surface area contributed by atoms with E-state index in [1.54, 1.807) is 0 Å². The number of nitrogens with zero attached hydrogens (tertiary/aromatic N) is 3. The van der Waals surface area contributed by atoms with Crippen LogP contribution in [-0.4, -0.2) is 15.0 Å². The van der Waals surface area contributed by atoms with Gasteiger partial charge in [0.1, 0.15) is 5.58 Å². The van der Waals surface area contributed by atoms with Gasteiger partial charge in [-0.2, -0.15) is 0 Å². The van der Waals surface area contributed by atoms with E-state index in [4.69, 9.17) is 14.4 Å². The van der Waals surface area contributed by atoms with E-state index in [1.165, 1.54) is 11.1 Å². The maximum atomic E-state index is 6.29. The van der Waals surface area contributed by atoms with E-state index in [2.05, 4.69) is 112 Å². The van der Waals surface area contributed by atoms with Crippen LogP contribution in [0, 0.1) is 27.7 Å². The van der Waals surface area contributed by atoms with E-state index < -0.39 is 5.41 Å². The highest BCUT2D eigenvalue weighted by atomic mass is 16.3. The van der Waals surface area contributed by atoms with Crippen LogP contribution in [0.1, 0.15) is 47.6 Å². The summed E-state index contributed by atoms with van der Waals surface area (Å²) in [6.45, 7) is 12.7. The van der Waals surface area contributed by atoms with Crippen LogP contribution in [0.4, 0.5) is 0 Å². The second-order valence-corrected chi connectivity index (χ2v) is 10.9. The molecule has 4 nitrogen and oxygen atoms in total. The van der Waals surface area contributed by atoms with E-state index in [0.29, 0.717) is 5.71 Å². The molecule has 0 saturated carbocycles. The summed E-state index contributed by atoms with van der Waals surface area (Å²) in [5, 5.41) is 2.07. The molecule has 0 radical (unpaired) electrons. The first-order valence-electron chi connectivity index (χ1n) is 13.0. The number of hydrogen-bond donors (Lipinski definition) is 0. The summed E-state index contributed by atoms with van der Waals surface area (Å²) >= 11 is 0. The molecule has 0 aliphatic carbocycles. The number of fused-ring (bicyclic) bond motifs is 3. The van der Waals surface area contributed by atoms with Crippen molar-refractivity contribution in [2.45, 2.75) is 47.0 Å². The Balaban J connectivity index is 1.48. The zero-order valence-corrected chi connectivity index (χ0v) is 22.8. The lowest BCUT2D eigenvalue weighted by atomic mass is 9.83. The molecule has 0 aliphatic rings. The zero-order valence-electron chi connectivity index (χ0n) is 22.8. The van der Waals surface area contributed by atoms with Crippen LogP contribution in [0.2, 0.25) is 0 Å². The van der Waals surface area contributed by atoms with Gasteiger partial charge in [0.25, 0.3) is 0 Å². The van der Waals surface area contributed by atoms with Crippen LogP contribution in [0.5, 0.6) is 0 Å². The minimum absolute atomic E-state index is 0.410. The van der Waals surface area contributed by atoms with Crippen molar-refractivity contribution in [1.29, 1.82) is 0 Å². The van der Waals surface area contributed by atoms with Crippen molar-refractivity contribution in [3.05, 3.63) is 113 Å². The molecule has 0 amide bonds. The molecular formula is C34H31N3O.